The number of hydrogen-bond donors (Lipinski definition) is 2. The van der Waals surface area contributed by atoms with Gasteiger partial charge in [-0.2, -0.15) is 0 Å². The number of ether oxygens (including phenoxy) is 1. The van der Waals surface area contributed by atoms with E-state index in [0.717, 1.165) is 5.76 Å². The zero-order valence-electron chi connectivity index (χ0n) is 10.5. The van der Waals surface area contributed by atoms with Crippen molar-refractivity contribution in [2.45, 2.75) is 30.9 Å². The molecule has 3 aliphatic heterocycles. The molecular weight excluding hydrogens is 266 g/mol. The summed E-state index contributed by atoms with van der Waals surface area (Å²) >= 11 is 0. The molecule has 2 atom stereocenters. The Balaban J connectivity index is 1.81. The molecule has 0 saturated carbocycles. The topological polar surface area (TPSA) is 104 Å². The molecule has 3 heterocycles. The summed E-state index contributed by atoms with van der Waals surface area (Å²) in [6.45, 7) is 0.172. The van der Waals surface area contributed by atoms with Crippen LogP contribution >= 0.6 is 0 Å². The number of amides is 1. The van der Waals surface area contributed by atoms with Crippen molar-refractivity contribution in [2.24, 2.45) is 0 Å². The third-order valence-corrected chi connectivity index (χ3v) is 3.92. The Hall–Kier alpha value is -2.31. The third-order valence-electron chi connectivity index (χ3n) is 3.92. The average molecular weight is 279 g/mol. The van der Waals surface area contributed by atoms with Gasteiger partial charge < -0.3 is 19.8 Å². The zero-order chi connectivity index (χ0) is 14.5. The van der Waals surface area contributed by atoms with Crippen molar-refractivity contribution in [1.82, 2.24) is 4.90 Å². The maximum Gasteiger partial charge on any atom is 0.326 e. The van der Waals surface area contributed by atoms with Gasteiger partial charge in [-0.25, -0.2) is 4.79 Å². The van der Waals surface area contributed by atoms with Crippen molar-refractivity contribution >= 4 is 17.8 Å². The second-order valence-electron chi connectivity index (χ2n) is 5.21. The number of hydrogen-bond acceptors (Lipinski definition) is 4. The molecule has 1 spiro atoms. The molecular formula is C13H13NO6. The highest BCUT2D eigenvalue weighted by molar-refractivity contribution is 6.01. The van der Waals surface area contributed by atoms with E-state index in [2.05, 4.69) is 0 Å². The van der Waals surface area contributed by atoms with E-state index >= 15 is 0 Å². The van der Waals surface area contributed by atoms with E-state index in [4.69, 9.17) is 9.84 Å². The van der Waals surface area contributed by atoms with Crippen molar-refractivity contribution in [1.29, 1.82) is 0 Å². The van der Waals surface area contributed by atoms with E-state index in [1.54, 1.807) is 12.2 Å². The van der Waals surface area contributed by atoms with Gasteiger partial charge >= 0.3 is 11.9 Å². The van der Waals surface area contributed by atoms with Gasteiger partial charge in [0.1, 0.15) is 11.8 Å². The lowest BCUT2D eigenvalue weighted by Crippen LogP contribution is -2.49. The van der Waals surface area contributed by atoms with Gasteiger partial charge in [0.2, 0.25) is 0 Å². The van der Waals surface area contributed by atoms with Crippen LogP contribution in [0.25, 0.3) is 0 Å². The molecule has 7 heteroatoms. The van der Waals surface area contributed by atoms with Gasteiger partial charge in [0.15, 0.2) is 5.60 Å². The molecule has 2 saturated heterocycles. The molecule has 2 unspecified atom stereocenters. The summed E-state index contributed by atoms with van der Waals surface area (Å²) in [6.07, 6.45) is 3.58. The van der Waals surface area contributed by atoms with Crippen molar-refractivity contribution < 1.29 is 29.3 Å². The number of fused-ring (bicyclic) bond motifs is 1. The molecule has 20 heavy (non-hydrogen) atoms. The van der Waals surface area contributed by atoms with Crippen molar-refractivity contribution in [3.05, 3.63) is 23.5 Å². The predicted molar refractivity (Wildman–Crippen MR) is 64.6 cm³/mol. The maximum atomic E-state index is 12.3. The van der Waals surface area contributed by atoms with E-state index in [-0.39, 0.29) is 25.3 Å². The van der Waals surface area contributed by atoms with Crippen LogP contribution in [0.15, 0.2) is 23.5 Å². The van der Waals surface area contributed by atoms with Crippen LogP contribution in [0.4, 0.5) is 0 Å². The number of carboxylic acid groups (broad SMARTS) is 2. The van der Waals surface area contributed by atoms with Crippen LogP contribution in [-0.4, -0.2) is 51.1 Å². The fourth-order valence-corrected chi connectivity index (χ4v) is 2.96. The highest BCUT2D eigenvalue weighted by Gasteiger charge is 2.59. The fraction of sp³-hybridized carbons (Fsp3) is 0.462. The Kier molecular flexibility index (Phi) is 2.60. The molecule has 1 aliphatic carbocycles. The standard InChI is InChI=1S/C13H13NO6/c15-10(16)4-3-9(12(18)19)14-6-13-5-7(20-13)1-2-8(13)11(14)17/h1-2,9H,3-6H2,(H,15,16)(H,18,19). The summed E-state index contributed by atoms with van der Waals surface area (Å²) in [7, 11) is 0. The third kappa shape index (κ3) is 1.70. The molecule has 7 nitrogen and oxygen atoms in total. The van der Waals surface area contributed by atoms with E-state index in [1.165, 1.54) is 4.90 Å². The van der Waals surface area contributed by atoms with Gasteiger partial charge in [-0.1, -0.05) is 0 Å². The van der Waals surface area contributed by atoms with E-state index in [9.17, 15) is 19.5 Å². The van der Waals surface area contributed by atoms with Gasteiger partial charge in [-0.15, -0.1) is 0 Å². The SMILES string of the molecule is O=C(O)CCC(C(=O)O)N1CC23CC(=CC=C2C1=O)O3. The number of carboxylic acids is 2. The quantitative estimate of drug-likeness (QED) is 0.741. The summed E-state index contributed by atoms with van der Waals surface area (Å²) in [5.74, 6) is -1.86. The first-order valence-corrected chi connectivity index (χ1v) is 6.29. The molecule has 1 amide bonds. The normalized spacial score (nSPS) is 27.8. The Labute approximate surface area is 114 Å². The van der Waals surface area contributed by atoms with Crippen LogP contribution in [-0.2, 0) is 19.1 Å². The second-order valence-corrected chi connectivity index (χ2v) is 5.21. The molecule has 0 radical (unpaired) electrons. The predicted octanol–water partition coefficient (Wildman–Crippen LogP) is 0.130. The van der Waals surface area contributed by atoms with Crippen LogP contribution in [0.2, 0.25) is 0 Å². The summed E-state index contributed by atoms with van der Waals surface area (Å²) < 4.78 is 5.56. The first-order valence-electron chi connectivity index (χ1n) is 6.29. The minimum Gasteiger partial charge on any atom is -0.484 e. The van der Waals surface area contributed by atoms with Gasteiger partial charge in [-0.05, 0) is 18.6 Å². The monoisotopic (exact) mass is 279 g/mol. The van der Waals surface area contributed by atoms with E-state index < -0.39 is 23.6 Å². The number of allylic oxidation sites excluding steroid dienone is 2. The van der Waals surface area contributed by atoms with Crippen LogP contribution in [0.3, 0.4) is 0 Å². The minimum absolute atomic E-state index is 0.111. The number of carbonyl (C=O) groups excluding carboxylic acids is 1. The number of carbonyl (C=O) groups is 3. The van der Waals surface area contributed by atoms with Crippen molar-refractivity contribution in [2.75, 3.05) is 6.54 Å². The molecule has 0 aromatic carbocycles. The first kappa shape index (κ1) is 12.7. The number of aliphatic carboxylic acids is 2. The Bertz CT molecular complexity index is 567. The van der Waals surface area contributed by atoms with E-state index in [0.29, 0.717) is 12.0 Å². The lowest BCUT2D eigenvalue weighted by atomic mass is 9.83. The highest BCUT2D eigenvalue weighted by Crippen LogP contribution is 2.50. The molecule has 0 aromatic rings. The van der Waals surface area contributed by atoms with Crippen molar-refractivity contribution in [3.63, 3.8) is 0 Å². The van der Waals surface area contributed by atoms with Gasteiger partial charge in [0, 0.05) is 6.42 Å². The summed E-state index contributed by atoms with van der Waals surface area (Å²) in [4.78, 5) is 35.4. The van der Waals surface area contributed by atoms with Crippen LogP contribution in [0.5, 0.6) is 0 Å². The Morgan fingerprint density at radius 1 is 1.40 bits per heavy atom. The summed E-state index contributed by atoms with van der Waals surface area (Å²) in [5.41, 5.74) is -0.243. The lowest BCUT2D eigenvalue weighted by Gasteiger charge is -2.43. The largest absolute Gasteiger partial charge is 0.484 e. The van der Waals surface area contributed by atoms with Crippen LogP contribution in [0, 0.1) is 0 Å². The second kappa shape index (κ2) is 4.09. The van der Waals surface area contributed by atoms with E-state index in [1.807, 2.05) is 0 Å². The fourth-order valence-electron chi connectivity index (χ4n) is 2.96. The highest BCUT2D eigenvalue weighted by atomic mass is 16.5. The average Bonchev–Trinajstić information content (AvgIpc) is 2.65. The minimum atomic E-state index is -1.19. The number of likely N-dealkylation sites (tertiary alicyclic amines) is 1. The van der Waals surface area contributed by atoms with Crippen molar-refractivity contribution in [3.8, 4) is 0 Å². The number of rotatable bonds is 5. The zero-order valence-corrected chi connectivity index (χ0v) is 10.5. The van der Waals surface area contributed by atoms with Gasteiger partial charge in [0.05, 0.1) is 18.5 Å². The molecule has 106 valence electrons. The lowest BCUT2D eigenvalue weighted by molar-refractivity contribution is -0.149. The molecule has 2 bridgehead atoms. The van der Waals surface area contributed by atoms with Gasteiger partial charge in [0.25, 0.3) is 5.91 Å². The summed E-state index contributed by atoms with van der Waals surface area (Å²) in [5, 5.41) is 17.9. The Morgan fingerprint density at radius 3 is 2.65 bits per heavy atom. The summed E-state index contributed by atoms with van der Waals surface area (Å²) in [6, 6.07) is -1.13. The van der Waals surface area contributed by atoms with Crippen LogP contribution < -0.4 is 0 Å². The van der Waals surface area contributed by atoms with Crippen LogP contribution in [0.1, 0.15) is 19.3 Å². The molecule has 0 aromatic heterocycles. The molecule has 4 rings (SSSR count). The maximum absolute atomic E-state index is 12.3. The number of nitrogens with zero attached hydrogens (tertiary/aromatic N) is 1. The first-order chi connectivity index (χ1) is 9.43. The molecule has 2 fully saturated rings. The van der Waals surface area contributed by atoms with Gasteiger partial charge in [-0.3, -0.25) is 9.59 Å². The smallest absolute Gasteiger partial charge is 0.326 e. The molecule has 2 N–H and O–H groups in total. The Morgan fingerprint density at radius 2 is 2.10 bits per heavy atom. The molecule has 4 aliphatic rings.